The number of benzene rings is 3. The predicted octanol–water partition coefficient (Wildman–Crippen LogP) is 7.51. The molecule has 254 valence electrons. The van der Waals surface area contributed by atoms with E-state index in [1.54, 1.807) is 31.5 Å². The molecule has 1 amide bonds. The van der Waals surface area contributed by atoms with E-state index < -0.39 is 23.1 Å². The number of hydrogen-bond acceptors (Lipinski definition) is 5. The molecule has 1 saturated heterocycles. The van der Waals surface area contributed by atoms with E-state index in [0.717, 1.165) is 11.3 Å². The van der Waals surface area contributed by atoms with Crippen molar-refractivity contribution in [3.05, 3.63) is 105 Å². The monoisotopic (exact) mass is 717 g/mol. The fourth-order valence-corrected chi connectivity index (χ4v) is 7.59. The van der Waals surface area contributed by atoms with Crippen LogP contribution < -0.4 is 10.1 Å². The molecule has 5 rings (SSSR count). The summed E-state index contributed by atoms with van der Waals surface area (Å²) in [7, 11) is 3.44. The molecule has 4 aromatic rings. The number of nitrogens with zero attached hydrogens (tertiary/aromatic N) is 3. The highest BCUT2D eigenvalue weighted by molar-refractivity contribution is 7.98. The lowest BCUT2D eigenvalue weighted by Gasteiger charge is -2.39. The number of aliphatic carboxylic acids is 1. The summed E-state index contributed by atoms with van der Waals surface area (Å²) in [5.41, 5.74) is 2.09. The van der Waals surface area contributed by atoms with Crippen molar-refractivity contribution in [2.45, 2.75) is 49.1 Å². The van der Waals surface area contributed by atoms with Crippen LogP contribution in [0.15, 0.2) is 66.0 Å². The average molecular weight is 719 g/mol. The Labute approximate surface area is 292 Å². The molecule has 1 aliphatic heterocycles. The lowest BCUT2D eigenvalue weighted by molar-refractivity contribution is -0.907. The Morgan fingerprint density at radius 1 is 1.08 bits per heavy atom. The van der Waals surface area contributed by atoms with Crippen molar-refractivity contribution in [3.63, 3.8) is 0 Å². The predicted molar refractivity (Wildman–Crippen MR) is 184 cm³/mol. The summed E-state index contributed by atoms with van der Waals surface area (Å²) in [6.45, 7) is 5.32. The van der Waals surface area contributed by atoms with Crippen molar-refractivity contribution < 1.29 is 32.7 Å². The molecule has 8 nitrogen and oxygen atoms in total. The van der Waals surface area contributed by atoms with Gasteiger partial charge in [0.15, 0.2) is 11.7 Å². The molecule has 48 heavy (non-hydrogen) atoms. The van der Waals surface area contributed by atoms with Gasteiger partial charge < -0.3 is 19.6 Å². The molecule has 2 N–H and O–H groups in total. The first-order valence-electron chi connectivity index (χ1n) is 15.4. The Balaban J connectivity index is 1.36. The minimum Gasteiger partial charge on any atom is -0.495 e. The maximum absolute atomic E-state index is 15.5. The molecule has 0 saturated carbocycles. The second kappa shape index (κ2) is 14.5. The van der Waals surface area contributed by atoms with E-state index >= 15 is 4.39 Å². The third kappa shape index (κ3) is 7.80. The Kier molecular flexibility index (Phi) is 10.7. The van der Waals surface area contributed by atoms with Crippen LogP contribution in [0.2, 0.25) is 10.0 Å². The van der Waals surface area contributed by atoms with Crippen LogP contribution in [0.5, 0.6) is 5.75 Å². The van der Waals surface area contributed by atoms with E-state index in [9.17, 15) is 19.1 Å². The number of likely N-dealkylation sites (tertiary alicyclic amines) is 1. The molecule has 0 bridgehead atoms. The normalized spacial score (nSPS) is 18.0. The van der Waals surface area contributed by atoms with Gasteiger partial charge in [-0.15, -0.1) is 0 Å². The molecule has 0 spiro atoms. The number of ether oxygens (including phenoxy) is 1. The van der Waals surface area contributed by atoms with Gasteiger partial charge in [-0.3, -0.25) is 9.36 Å². The Hall–Kier alpha value is -3.64. The quantitative estimate of drug-likeness (QED) is 0.123. The van der Waals surface area contributed by atoms with Crippen LogP contribution in [0.25, 0.3) is 5.69 Å². The van der Waals surface area contributed by atoms with E-state index in [-0.39, 0.29) is 40.3 Å². The number of hydrogen-bond donors (Lipinski definition) is 2. The van der Waals surface area contributed by atoms with Gasteiger partial charge in [0.25, 0.3) is 5.91 Å². The molecular formula is C35H37Cl2F2N4O4S+. The van der Waals surface area contributed by atoms with Crippen LogP contribution in [0, 0.1) is 11.6 Å². The minimum atomic E-state index is -0.856. The molecule has 1 fully saturated rings. The fraction of sp³-hybridized carbons (Fsp3) is 0.343. The summed E-state index contributed by atoms with van der Waals surface area (Å²) in [5, 5.41) is 13.3. The van der Waals surface area contributed by atoms with E-state index in [1.165, 1.54) is 36.0 Å². The number of nitrogens with one attached hydrogen (secondary N) is 1. The summed E-state index contributed by atoms with van der Waals surface area (Å²) < 4.78 is 37.2. The number of carbonyl (C=O) groups excluding carboxylic acids is 1. The van der Waals surface area contributed by atoms with Gasteiger partial charge in [0.1, 0.15) is 17.4 Å². The smallest absolute Gasteiger partial charge is 0.359 e. The first kappa shape index (κ1) is 35.7. The second-order valence-electron chi connectivity index (χ2n) is 12.8. The average Bonchev–Trinajstić information content (AvgIpc) is 3.46. The second-order valence-corrected chi connectivity index (χ2v) is 14.5. The summed E-state index contributed by atoms with van der Waals surface area (Å²) in [6, 6.07) is 14.1. The van der Waals surface area contributed by atoms with Gasteiger partial charge in [-0.1, -0.05) is 54.9 Å². The maximum Gasteiger partial charge on any atom is 0.359 e. The van der Waals surface area contributed by atoms with Crippen molar-refractivity contribution in [2.75, 3.05) is 33.8 Å². The van der Waals surface area contributed by atoms with Gasteiger partial charge in [-0.05, 0) is 54.1 Å². The topological polar surface area (TPSA) is 93.4 Å². The van der Waals surface area contributed by atoms with E-state index in [1.807, 2.05) is 37.6 Å². The number of carboxylic acid groups (broad SMARTS) is 1. The van der Waals surface area contributed by atoms with Gasteiger partial charge in [0.2, 0.25) is 0 Å². The van der Waals surface area contributed by atoms with E-state index in [0.29, 0.717) is 52.0 Å². The van der Waals surface area contributed by atoms with Gasteiger partial charge >= 0.3 is 5.97 Å². The van der Waals surface area contributed by atoms with Crippen LogP contribution in [-0.4, -0.2) is 70.9 Å². The van der Waals surface area contributed by atoms with E-state index in [4.69, 9.17) is 27.9 Å². The van der Waals surface area contributed by atoms with Crippen LogP contribution >= 0.6 is 35.0 Å². The number of halogens is 4. The Bertz CT molecular complexity index is 1800. The number of imidazole rings is 1. The number of methoxy groups -OCH3 is 1. The molecule has 0 unspecified atom stereocenters. The number of rotatable bonds is 11. The molecule has 13 heteroatoms. The largest absolute Gasteiger partial charge is 0.495 e. The lowest BCUT2D eigenvalue weighted by atomic mass is 9.81. The number of quaternary nitrogens is 1. The number of carboxylic acids is 1. The van der Waals surface area contributed by atoms with Crippen molar-refractivity contribution >= 4 is 46.8 Å². The van der Waals surface area contributed by atoms with Crippen molar-refractivity contribution in [1.29, 1.82) is 0 Å². The summed E-state index contributed by atoms with van der Waals surface area (Å²) >= 11 is 14.1. The van der Waals surface area contributed by atoms with Crippen molar-refractivity contribution in [1.82, 2.24) is 14.9 Å². The van der Waals surface area contributed by atoms with Crippen LogP contribution in [-0.2, 0) is 16.0 Å². The zero-order valence-electron chi connectivity index (χ0n) is 27.0. The third-order valence-corrected chi connectivity index (χ3v) is 10.6. The number of thioether (sulfide) groups is 1. The first-order chi connectivity index (χ1) is 22.7. The van der Waals surface area contributed by atoms with Gasteiger partial charge in [-0.2, -0.15) is 0 Å². The number of aromatic nitrogens is 2. The lowest BCUT2D eigenvalue weighted by Crippen LogP contribution is -2.56. The molecule has 1 aliphatic rings. The molecule has 0 aliphatic carbocycles. The van der Waals surface area contributed by atoms with Crippen LogP contribution in [0.4, 0.5) is 8.78 Å². The highest BCUT2D eigenvalue weighted by Crippen LogP contribution is 2.40. The molecule has 0 radical (unpaired) electrons. The Morgan fingerprint density at radius 3 is 2.40 bits per heavy atom. The summed E-state index contributed by atoms with van der Waals surface area (Å²) in [4.78, 5) is 28.9. The van der Waals surface area contributed by atoms with Crippen molar-refractivity contribution in [3.8, 4) is 11.4 Å². The molecular weight excluding hydrogens is 681 g/mol. The first-order valence-corrected chi connectivity index (χ1v) is 17.1. The van der Waals surface area contributed by atoms with Gasteiger partial charge in [0, 0.05) is 51.9 Å². The standard InChI is InChI=1S/C35H36Cl2F2N4O4S/c1-35(2,22-5-10-27(36)30(17-22)47-4)31-18-40-34(42(31)25-8-6-23(38)7-9-25)48-20-26-28(37)15-21(16-29(26)39)33(46)41-24-11-13-43(3,14-12-24)19-32(44)45/h5-10,15-18,24H,11-14,19-20H2,1-4H3,(H-,41,44,45,46)/p+1. The zero-order chi connectivity index (χ0) is 34.8. The van der Waals surface area contributed by atoms with Crippen LogP contribution in [0.3, 0.4) is 0 Å². The van der Waals surface area contributed by atoms with E-state index in [2.05, 4.69) is 10.3 Å². The number of likely N-dealkylation sites (N-methyl/N-ethyl adjacent to an activating group) is 1. The third-order valence-electron chi connectivity index (χ3n) is 8.96. The SMILES string of the molecule is COc1cc(C(C)(C)c2cnc(SCc3c(F)cc(C(=O)NC4CC[N+](C)(CC(=O)O)CC4)cc3Cl)n2-c2ccc(F)cc2)ccc1Cl. The highest BCUT2D eigenvalue weighted by Gasteiger charge is 2.33. The number of carbonyl (C=O) groups is 2. The fourth-order valence-electron chi connectivity index (χ4n) is 6.01. The van der Waals surface area contributed by atoms with Gasteiger partial charge in [0.05, 0.1) is 44.2 Å². The summed E-state index contributed by atoms with van der Waals surface area (Å²) in [5.74, 6) is -1.65. The maximum atomic E-state index is 15.5. The highest BCUT2D eigenvalue weighted by atomic mass is 35.5. The van der Waals surface area contributed by atoms with Crippen molar-refractivity contribution in [2.24, 2.45) is 0 Å². The number of amides is 1. The minimum absolute atomic E-state index is 0.0295. The Morgan fingerprint density at radius 2 is 1.77 bits per heavy atom. The number of piperidine rings is 1. The summed E-state index contributed by atoms with van der Waals surface area (Å²) in [6.07, 6.45) is 2.98. The van der Waals surface area contributed by atoms with Gasteiger partial charge in [-0.25, -0.2) is 18.6 Å². The molecule has 3 aromatic carbocycles. The zero-order valence-corrected chi connectivity index (χ0v) is 29.4. The molecule has 1 aromatic heterocycles. The molecule has 0 atom stereocenters. The molecule has 2 heterocycles. The van der Waals surface area contributed by atoms with Crippen LogP contribution in [0.1, 0.15) is 53.9 Å².